The van der Waals surface area contributed by atoms with Gasteiger partial charge in [0, 0.05) is 20.2 Å². The maximum atomic E-state index is 12.6. The largest absolute Gasteiger partial charge is 0.573 e. The second-order valence-corrected chi connectivity index (χ2v) is 7.24. The van der Waals surface area contributed by atoms with Gasteiger partial charge in [0.1, 0.15) is 5.75 Å². The summed E-state index contributed by atoms with van der Waals surface area (Å²) in [5, 5.41) is 0.748. The summed E-state index contributed by atoms with van der Waals surface area (Å²) in [5.41, 5.74) is 9.31. The van der Waals surface area contributed by atoms with Crippen LogP contribution < -0.4 is 10.5 Å². The average Bonchev–Trinajstić information content (AvgIpc) is 2.92. The van der Waals surface area contributed by atoms with Crippen LogP contribution >= 0.6 is 22.6 Å². The molecule has 3 N–H and O–H groups in total. The van der Waals surface area contributed by atoms with E-state index in [1.54, 1.807) is 6.07 Å². The van der Waals surface area contributed by atoms with E-state index in [9.17, 15) is 13.2 Å². The Bertz CT molecular complexity index is 905. The number of benzene rings is 2. The van der Waals surface area contributed by atoms with Crippen molar-refractivity contribution in [1.82, 2.24) is 4.98 Å². The number of H-pyrrole nitrogens is 1. The van der Waals surface area contributed by atoms with Gasteiger partial charge in [-0.3, -0.25) is 0 Å². The fourth-order valence-corrected chi connectivity index (χ4v) is 3.56. The third-order valence-electron chi connectivity index (χ3n) is 4.11. The summed E-state index contributed by atoms with van der Waals surface area (Å²) in [6.07, 6.45) is -2.25. The Labute approximate surface area is 162 Å². The number of hydrogen-bond acceptors (Lipinski definition) is 2. The first-order valence-electron chi connectivity index (χ1n) is 8.24. The van der Waals surface area contributed by atoms with E-state index in [1.165, 1.54) is 12.1 Å². The molecule has 1 aromatic heterocycles. The molecule has 3 aromatic rings. The molecule has 0 atom stereocenters. The van der Waals surface area contributed by atoms with Crippen molar-refractivity contribution in [2.45, 2.75) is 25.6 Å². The van der Waals surface area contributed by atoms with Crippen LogP contribution in [0.5, 0.6) is 5.75 Å². The molecule has 7 heteroatoms. The van der Waals surface area contributed by atoms with Gasteiger partial charge >= 0.3 is 6.36 Å². The van der Waals surface area contributed by atoms with Gasteiger partial charge in [-0.1, -0.05) is 12.1 Å². The number of alkyl halides is 3. The maximum Gasteiger partial charge on any atom is 0.573 e. The van der Waals surface area contributed by atoms with Gasteiger partial charge in [-0.25, -0.2) is 0 Å². The van der Waals surface area contributed by atoms with Crippen molar-refractivity contribution < 1.29 is 17.9 Å². The first kappa shape index (κ1) is 19.0. The summed E-state index contributed by atoms with van der Waals surface area (Å²) < 4.78 is 42.9. The number of ether oxygens (including phenoxy) is 1. The molecule has 2 aromatic carbocycles. The summed E-state index contributed by atoms with van der Waals surface area (Å²) in [4.78, 5) is 3.35. The highest BCUT2D eigenvalue weighted by atomic mass is 127. The fourth-order valence-electron chi connectivity index (χ4n) is 3.02. The lowest BCUT2D eigenvalue weighted by molar-refractivity contribution is -0.274. The molecule has 0 unspecified atom stereocenters. The molecule has 138 valence electrons. The summed E-state index contributed by atoms with van der Waals surface area (Å²) in [7, 11) is 0. The number of halogens is 4. The van der Waals surface area contributed by atoms with Gasteiger partial charge in [0.25, 0.3) is 0 Å². The van der Waals surface area contributed by atoms with Gasteiger partial charge in [0.05, 0.1) is 0 Å². The Hall–Kier alpha value is -1.74. The summed E-state index contributed by atoms with van der Waals surface area (Å²) in [6.45, 7) is 0.587. The lowest BCUT2D eigenvalue weighted by atomic mass is 10.0. The number of hydrogen-bond donors (Lipinski definition) is 2. The van der Waals surface area contributed by atoms with Crippen molar-refractivity contribution in [3.05, 3.63) is 51.6 Å². The first-order valence-corrected chi connectivity index (χ1v) is 9.31. The maximum absolute atomic E-state index is 12.6. The van der Waals surface area contributed by atoms with Crippen LogP contribution in [-0.2, 0) is 6.42 Å². The summed E-state index contributed by atoms with van der Waals surface area (Å²) >= 11 is 2.24. The molecule has 26 heavy (non-hydrogen) atoms. The second-order valence-electron chi connectivity index (χ2n) is 5.99. The Balaban J connectivity index is 2.09. The van der Waals surface area contributed by atoms with E-state index in [0.717, 1.165) is 50.6 Å². The predicted molar refractivity (Wildman–Crippen MR) is 105 cm³/mol. The molecule has 1 heterocycles. The third kappa shape index (κ3) is 4.50. The minimum absolute atomic E-state index is 0.210. The number of rotatable bonds is 6. The molecule has 0 saturated carbocycles. The molecule has 0 spiro atoms. The van der Waals surface area contributed by atoms with Crippen molar-refractivity contribution in [2.24, 2.45) is 5.73 Å². The van der Waals surface area contributed by atoms with E-state index in [4.69, 9.17) is 5.73 Å². The Kier molecular flexibility index (Phi) is 5.76. The Morgan fingerprint density at radius 1 is 1.08 bits per heavy atom. The molecule has 0 amide bonds. The highest BCUT2D eigenvalue weighted by Gasteiger charge is 2.31. The van der Waals surface area contributed by atoms with Crippen LogP contribution in [0.1, 0.15) is 18.4 Å². The SMILES string of the molecule is NCCCCc1c(-c2cccc(I)c2)[nH]c2ccc(OC(F)(F)F)cc12. The van der Waals surface area contributed by atoms with Crippen molar-refractivity contribution in [1.29, 1.82) is 0 Å². The topological polar surface area (TPSA) is 51.0 Å². The normalized spacial score (nSPS) is 11.9. The molecule has 0 aliphatic carbocycles. The molecular weight excluding hydrogens is 456 g/mol. The molecule has 0 radical (unpaired) electrons. The van der Waals surface area contributed by atoms with E-state index in [2.05, 4.69) is 32.3 Å². The predicted octanol–water partition coefficient (Wildman–Crippen LogP) is 5.62. The van der Waals surface area contributed by atoms with Gasteiger partial charge in [-0.15, -0.1) is 13.2 Å². The minimum Gasteiger partial charge on any atom is -0.406 e. The number of nitrogens with one attached hydrogen (secondary N) is 1. The van der Waals surface area contributed by atoms with Gasteiger partial charge in [0.15, 0.2) is 0 Å². The van der Waals surface area contributed by atoms with Crippen molar-refractivity contribution >= 4 is 33.5 Å². The number of aryl methyl sites for hydroxylation is 1. The van der Waals surface area contributed by atoms with Crippen LogP contribution in [0.15, 0.2) is 42.5 Å². The Morgan fingerprint density at radius 3 is 2.58 bits per heavy atom. The van der Waals surface area contributed by atoms with E-state index in [-0.39, 0.29) is 5.75 Å². The standard InChI is InChI=1S/C19H18F3IN2O/c20-19(21,22)26-14-7-8-17-16(11-14)15(6-1-2-9-24)18(25-17)12-4-3-5-13(23)10-12/h3-5,7-8,10-11,25H,1-2,6,9,24H2. The number of fused-ring (bicyclic) bond motifs is 1. The van der Waals surface area contributed by atoms with Crippen LogP contribution in [0.2, 0.25) is 0 Å². The molecule has 3 nitrogen and oxygen atoms in total. The molecule has 0 aliphatic rings. The lowest BCUT2D eigenvalue weighted by Crippen LogP contribution is -2.16. The molecule has 3 rings (SSSR count). The fraction of sp³-hybridized carbons (Fsp3) is 0.263. The van der Waals surface area contributed by atoms with Crippen LogP contribution in [0.3, 0.4) is 0 Å². The zero-order valence-corrected chi connectivity index (χ0v) is 16.0. The first-order chi connectivity index (χ1) is 12.4. The van der Waals surface area contributed by atoms with Gasteiger partial charge < -0.3 is 15.5 Å². The lowest BCUT2D eigenvalue weighted by Gasteiger charge is -2.09. The molecule has 0 bridgehead atoms. The summed E-state index contributed by atoms with van der Waals surface area (Å²) in [5.74, 6) is -0.210. The highest BCUT2D eigenvalue weighted by molar-refractivity contribution is 14.1. The number of aromatic nitrogens is 1. The van der Waals surface area contributed by atoms with Gasteiger partial charge in [0.2, 0.25) is 0 Å². The number of nitrogens with two attached hydrogens (primary N) is 1. The van der Waals surface area contributed by atoms with E-state index >= 15 is 0 Å². The third-order valence-corrected chi connectivity index (χ3v) is 4.78. The van der Waals surface area contributed by atoms with Crippen LogP contribution in [0.25, 0.3) is 22.2 Å². The van der Waals surface area contributed by atoms with Crippen molar-refractivity contribution in [3.63, 3.8) is 0 Å². The van der Waals surface area contributed by atoms with Crippen LogP contribution in [-0.4, -0.2) is 17.9 Å². The van der Waals surface area contributed by atoms with E-state index < -0.39 is 6.36 Å². The van der Waals surface area contributed by atoms with E-state index in [0.29, 0.717) is 6.54 Å². The zero-order chi connectivity index (χ0) is 18.7. The number of unbranched alkanes of at least 4 members (excludes halogenated alkanes) is 1. The Morgan fingerprint density at radius 2 is 1.88 bits per heavy atom. The monoisotopic (exact) mass is 474 g/mol. The van der Waals surface area contributed by atoms with Gasteiger partial charge in [-0.2, -0.15) is 0 Å². The zero-order valence-electron chi connectivity index (χ0n) is 13.9. The van der Waals surface area contributed by atoms with Crippen molar-refractivity contribution in [2.75, 3.05) is 6.54 Å². The molecule has 0 fully saturated rings. The molecule has 0 saturated heterocycles. The van der Waals surface area contributed by atoms with E-state index in [1.807, 2.05) is 24.3 Å². The van der Waals surface area contributed by atoms with Crippen LogP contribution in [0, 0.1) is 3.57 Å². The quantitative estimate of drug-likeness (QED) is 0.360. The van der Waals surface area contributed by atoms with Gasteiger partial charge in [-0.05, 0) is 89.9 Å². The highest BCUT2D eigenvalue weighted by Crippen LogP contribution is 2.35. The van der Waals surface area contributed by atoms with Crippen molar-refractivity contribution in [3.8, 4) is 17.0 Å². The molecular formula is C19H18F3IN2O. The minimum atomic E-state index is -4.71. The average molecular weight is 474 g/mol. The second kappa shape index (κ2) is 7.87. The number of aromatic amines is 1. The molecule has 0 aliphatic heterocycles. The summed E-state index contributed by atoms with van der Waals surface area (Å²) in [6, 6.07) is 12.4. The van der Waals surface area contributed by atoms with Crippen LogP contribution in [0.4, 0.5) is 13.2 Å². The smallest absolute Gasteiger partial charge is 0.406 e.